The molecule has 28 heavy (non-hydrogen) atoms. The maximum atomic E-state index is 12.2. The maximum Gasteiger partial charge on any atom is 0.230 e. The fourth-order valence-corrected chi connectivity index (χ4v) is 3.75. The SMILES string of the molecule is C=CCn1c(SCC(=O)NC(CC)CC)nnc1[C@@H]1COc2ccccc2O1. The lowest BCUT2D eigenvalue weighted by molar-refractivity contribution is -0.119. The lowest BCUT2D eigenvalue weighted by Crippen LogP contribution is -2.35. The van der Waals surface area contributed by atoms with Gasteiger partial charge in [0.15, 0.2) is 28.6 Å². The molecule has 2 aromatic rings. The number of allylic oxidation sites excluding steroid dienone is 1. The van der Waals surface area contributed by atoms with Crippen LogP contribution < -0.4 is 14.8 Å². The van der Waals surface area contributed by atoms with E-state index in [9.17, 15) is 4.79 Å². The summed E-state index contributed by atoms with van der Waals surface area (Å²) in [4.78, 5) is 12.2. The van der Waals surface area contributed by atoms with Crippen molar-refractivity contribution in [2.45, 2.75) is 50.5 Å². The first-order valence-electron chi connectivity index (χ1n) is 9.50. The molecule has 1 aromatic heterocycles. The molecule has 0 saturated heterocycles. The third kappa shape index (κ3) is 4.67. The third-order valence-electron chi connectivity index (χ3n) is 4.54. The topological polar surface area (TPSA) is 78.3 Å². The Hall–Kier alpha value is -2.48. The number of amides is 1. The molecule has 7 nitrogen and oxygen atoms in total. The van der Waals surface area contributed by atoms with Crippen LogP contribution >= 0.6 is 11.8 Å². The molecule has 0 spiro atoms. The van der Waals surface area contributed by atoms with Crippen LogP contribution in [0.25, 0.3) is 0 Å². The van der Waals surface area contributed by atoms with Crippen LogP contribution in [0.1, 0.15) is 38.6 Å². The van der Waals surface area contributed by atoms with Gasteiger partial charge in [-0.15, -0.1) is 16.8 Å². The van der Waals surface area contributed by atoms with Crippen molar-refractivity contribution in [3.05, 3.63) is 42.7 Å². The second kappa shape index (κ2) is 9.64. The highest BCUT2D eigenvalue weighted by Crippen LogP contribution is 2.36. The van der Waals surface area contributed by atoms with Crippen molar-refractivity contribution in [3.8, 4) is 11.5 Å². The molecular weight excluding hydrogens is 376 g/mol. The minimum Gasteiger partial charge on any atom is -0.485 e. The molecule has 0 radical (unpaired) electrons. The van der Waals surface area contributed by atoms with E-state index in [2.05, 4.69) is 35.9 Å². The molecule has 1 aliphatic rings. The average molecular weight is 403 g/mol. The lowest BCUT2D eigenvalue weighted by atomic mass is 10.2. The van der Waals surface area contributed by atoms with E-state index in [4.69, 9.17) is 9.47 Å². The van der Waals surface area contributed by atoms with Crippen molar-refractivity contribution < 1.29 is 14.3 Å². The van der Waals surface area contributed by atoms with Gasteiger partial charge in [0.2, 0.25) is 5.91 Å². The van der Waals surface area contributed by atoms with Gasteiger partial charge in [-0.25, -0.2) is 0 Å². The second-order valence-corrected chi connectivity index (χ2v) is 7.42. The van der Waals surface area contributed by atoms with Gasteiger partial charge in [-0.3, -0.25) is 9.36 Å². The molecule has 1 aromatic carbocycles. The molecule has 2 heterocycles. The fourth-order valence-electron chi connectivity index (χ4n) is 2.98. The predicted octanol–water partition coefficient (Wildman–Crippen LogP) is 3.37. The van der Waals surface area contributed by atoms with E-state index in [-0.39, 0.29) is 23.8 Å². The molecular formula is C20H26N4O3S. The van der Waals surface area contributed by atoms with E-state index in [1.54, 1.807) is 6.08 Å². The number of hydrogen-bond donors (Lipinski definition) is 1. The molecule has 1 N–H and O–H groups in total. The van der Waals surface area contributed by atoms with Crippen molar-refractivity contribution in [3.63, 3.8) is 0 Å². The van der Waals surface area contributed by atoms with E-state index < -0.39 is 0 Å². The predicted molar refractivity (Wildman–Crippen MR) is 109 cm³/mol. The Labute approximate surface area is 169 Å². The van der Waals surface area contributed by atoms with Gasteiger partial charge >= 0.3 is 0 Å². The van der Waals surface area contributed by atoms with Crippen LogP contribution in [-0.2, 0) is 11.3 Å². The Bertz CT molecular complexity index is 820. The molecule has 1 atom stereocenters. The first-order valence-corrected chi connectivity index (χ1v) is 10.5. The molecule has 0 bridgehead atoms. The third-order valence-corrected chi connectivity index (χ3v) is 5.50. The number of para-hydroxylation sites is 2. The van der Waals surface area contributed by atoms with E-state index >= 15 is 0 Å². The van der Waals surface area contributed by atoms with Gasteiger partial charge < -0.3 is 14.8 Å². The van der Waals surface area contributed by atoms with Gasteiger partial charge in [0.1, 0.15) is 6.61 Å². The first-order chi connectivity index (χ1) is 13.7. The number of thioether (sulfide) groups is 1. The summed E-state index contributed by atoms with van der Waals surface area (Å²) in [6.45, 7) is 8.84. The zero-order chi connectivity index (χ0) is 19.9. The highest BCUT2D eigenvalue weighted by atomic mass is 32.2. The number of fused-ring (bicyclic) bond motifs is 1. The summed E-state index contributed by atoms with van der Waals surface area (Å²) in [5, 5.41) is 12.3. The first kappa shape index (κ1) is 20.3. The second-order valence-electron chi connectivity index (χ2n) is 6.47. The number of nitrogens with zero attached hydrogens (tertiary/aromatic N) is 3. The van der Waals surface area contributed by atoms with E-state index in [1.165, 1.54) is 11.8 Å². The Morgan fingerprint density at radius 3 is 2.82 bits per heavy atom. The standard InChI is InChI=1S/C20H26N4O3S/c1-4-11-24-19(17-12-26-15-9-7-8-10-16(15)27-17)22-23-20(24)28-13-18(25)21-14(5-2)6-3/h4,7-10,14,17H,1,5-6,11-13H2,2-3H3,(H,21,25)/t17-/m0/s1. The van der Waals surface area contributed by atoms with E-state index in [1.807, 2.05) is 28.8 Å². The lowest BCUT2D eigenvalue weighted by Gasteiger charge is -2.26. The summed E-state index contributed by atoms with van der Waals surface area (Å²) in [5.74, 6) is 2.36. The van der Waals surface area contributed by atoms with Crippen molar-refractivity contribution in [1.82, 2.24) is 20.1 Å². The Balaban J connectivity index is 1.70. The summed E-state index contributed by atoms with van der Waals surface area (Å²) in [6.07, 6.45) is 3.25. The number of carbonyl (C=O) groups excluding carboxylic acids is 1. The molecule has 0 unspecified atom stereocenters. The van der Waals surface area contributed by atoms with E-state index in [0.717, 1.165) is 18.6 Å². The number of benzene rings is 1. The number of nitrogens with one attached hydrogen (secondary N) is 1. The molecule has 8 heteroatoms. The van der Waals surface area contributed by atoms with E-state index in [0.29, 0.717) is 29.9 Å². The molecule has 150 valence electrons. The fraction of sp³-hybridized carbons (Fsp3) is 0.450. The largest absolute Gasteiger partial charge is 0.485 e. The van der Waals surface area contributed by atoms with Crippen LogP contribution in [0.4, 0.5) is 0 Å². The number of hydrogen-bond acceptors (Lipinski definition) is 6. The molecule has 3 rings (SSSR count). The molecule has 0 fully saturated rings. The number of aromatic nitrogens is 3. The van der Waals surface area contributed by atoms with Crippen molar-refractivity contribution in [2.75, 3.05) is 12.4 Å². The van der Waals surface area contributed by atoms with Crippen molar-refractivity contribution in [2.24, 2.45) is 0 Å². The summed E-state index contributed by atoms with van der Waals surface area (Å²) in [5.41, 5.74) is 0. The van der Waals surface area contributed by atoms with Gasteiger partial charge in [0.05, 0.1) is 5.75 Å². The summed E-state index contributed by atoms with van der Waals surface area (Å²) >= 11 is 1.36. The zero-order valence-electron chi connectivity index (χ0n) is 16.3. The quantitative estimate of drug-likeness (QED) is 0.512. The van der Waals surface area contributed by atoms with Crippen molar-refractivity contribution in [1.29, 1.82) is 0 Å². The molecule has 0 aliphatic carbocycles. The smallest absolute Gasteiger partial charge is 0.230 e. The van der Waals surface area contributed by atoms with Gasteiger partial charge in [-0.05, 0) is 25.0 Å². The molecule has 1 amide bonds. The number of carbonyl (C=O) groups is 1. The van der Waals surface area contributed by atoms with Crippen LogP contribution in [0.2, 0.25) is 0 Å². The Morgan fingerprint density at radius 2 is 2.11 bits per heavy atom. The van der Waals surface area contributed by atoms with Gasteiger partial charge in [-0.2, -0.15) is 0 Å². The van der Waals surface area contributed by atoms with Gasteiger partial charge in [-0.1, -0.05) is 43.8 Å². The average Bonchev–Trinajstić information content (AvgIpc) is 3.13. The highest BCUT2D eigenvalue weighted by Gasteiger charge is 2.28. The summed E-state index contributed by atoms with van der Waals surface area (Å²) in [7, 11) is 0. The van der Waals surface area contributed by atoms with Crippen LogP contribution in [-0.4, -0.2) is 39.1 Å². The van der Waals surface area contributed by atoms with Crippen molar-refractivity contribution >= 4 is 17.7 Å². The Morgan fingerprint density at radius 1 is 1.36 bits per heavy atom. The highest BCUT2D eigenvalue weighted by molar-refractivity contribution is 7.99. The van der Waals surface area contributed by atoms with Crippen LogP contribution in [0.15, 0.2) is 42.1 Å². The Kier molecular flexibility index (Phi) is 6.97. The maximum absolute atomic E-state index is 12.2. The van der Waals surface area contributed by atoms with Gasteiger partial charge in [0, 0.05) is 12.6 Å². The minimum atomic E-state index is -0.366. The number of ether oxygens (including phenoxy) is 2. The monoisotopic (exact) mass is 402 g/mol. The normalized spacial score (nSPS) is 15.5. The molecule has 1 aliphatic heterocycles. The summed E-state index contributed by atoms with van der Waals surface area (Å²) in [6, 6.07) is 7.76. The zero-order valence-corrected chi connectivity index (χ0v) is 17.1. The van der Waals surface area contributed by atoms with Gasteiger partial charge in [0.25, 0.3) is 0 Å². The summed E-state index contributed by atoms with van der Waals surface area (Å²) < 4.78 is 13.8. The van der Waals surface area contributed by atoms with Crippen LogP contribution in [0.3, 0.4) is 0 Å². The number of rotatable bonds is 9. The van der Waals surface area contributed by atoms with Crippen LogP contribution in [0.5, 0.6) is 11.5 Å². The van der Waals surface area contributed by atoms with Crippen LogP contribution in [0, 0.1) is 0 Å². The minimum absolute atomic E-state index is 0.000389. The molecule has 0 saturated carbocycles.